The van der Waals surface area contributed by atoms with Crippen LogP contribution in [0.5, 0.6) is 0 Å². The van der Waals surface area contributed by atoms with Crippen molar-refractivity contribution in [2.75, 3.05) is 13.1 Å². The highest BCUT2D eigenvalue weighted by Gasteiger charge is 2.14. The monoisotopic (exact) mass is 300 g/mol. The fourth-order valence-electron chi connectivity index (χ4n) is 1.73. The number of carbonyl (C=O) groups is 1. The molecule has 2 heterocycles. The molecular formula is C15H16N4OS. The summed E-state index contributed by atoms with van der Waals surface area (Å²) in [7, 11) is 0. The lowest BCUT2D eigenvalue weighted by Gasteiger charge is -2.10. The molecule has 5 nitrogen and oxygen atoms in total. The van der Waals surface area contributed by atoms with Crippen LogP contribution in [0.25, 0.3) is 0 Å². The average molecular weight is 300 g/mol. The van der Waals surface area contributed by atoms with Gasteiger partial charge in [0.25, 0.3) is 5.91 Å². The van der Waals surface area contributed by atoms with E-state index < -0.39 is 0 Å². The van der Waals surface area contributed by atoms with Crippen LogP contribution in [0.15, 0.2) is 29.9 Å². The number of nitrogens with one attached hydrogen (secondary N) is 1. The van der Waals surface area contributed by atoms with Gasteiger partial charge in [0, 0.05) is 30.2 Å². The van der Waals surface area contributed by atoms with Crippen LogP contribution in [0.1, 0.15) is 33.9 Å². The highest BCUT2D eigenvalue weighted by Crippen LogP contribution is 2.16. The van der Waals surface area contributed by atoms with Gasteiger partial charge in [-0.2, -0.15) is 0 Å². The number of aromatic nitrogens is 2. The molecule has 0 saturated heterocycles. The summed E-state index contributed by atoms with van der Waals surface area (Å²) in [6.45, 7) is 2.77. The Balaban J connectivity index is 2.04. The number of nitrogens with zero attached hydrogens (tertiary/aromatic N) is 2. The first-order chi connectivity index (χ1) is 10.2. The first kappa shape index (κ1) is 15.2. The molecule has 2 rings (SSSR count). The molecule has 0 bridgehead atoms. The molecule has 1 atom stereocenters. The number of nitrogens with two attached hydrogens (primary N) is 1. The molecule has 0 aliphatic heterocycles. The van der Waals surface area contributed by atoms with E-state index in [-0.39, 0.29) is 18.4 Å². The lowest BCUT2D eigenvalue weighted by Crippen LogP contribution is -2.28. The van der Waals surface area contributed by atoms with Gasteiger partial charge in [0.05, 0.1) is 17.1 Å². The van der Waals surface area contributed by atoms with Gasteiger partial charge in [-0.1, -0.05) is 18.8 Å². The van der Waals surface area contributed by atoms with E-state index in [2.05, 4.69) is 27.1 Å². The van der Waals surface area contributed by atoms with Crippen molar-refractivity contribution in [2.24, 2.45) is 5.73 Å². The second-order valence-corrected chi connectivity index (χ2v) is 5.31. The van der Waals surface area contributed by atoms with Gasteiger partial charge < -0.3 is 11.1 Å². The lowest BCUT2D eigenvalue weighted by atomic mass is 10.1. The minimum Gasteiger partial charge on any atom is -0.350 e. The third kappa shape index (κ3) is 4.12. The SMILES string of the molecule is CC(CNC(=O)c1ncccc1C#CCN)c1nccs1. The number of thiazole rings is 1. The summed E-state index contributed by atoms with van der Waals surface area (Å²) < 4.78 is 0. The second-order valence-electron chi connectivity index (χ2n) is 4.39. The minimum atomic E-state index is -0.236. The van der Waals surface area contributed by atoms with Crippen molar-refractivity contribution >= 4 is 17.2 Å². The zero-order chi connectivity index (χ0) is 15.1. The number of carbonyl (C=O) groups excluding carboxylic acids is 1. The number of hydrogen-bond donors (Lipinski definition) is 2. The molecule has 2 aromatic heterocycles. The van der Waals surface area contributed by atoms with E-state index in [1.54, 1.807) is 35.9 Å². The summed E-state index contributed by atoms with van der Waals surface area (Å²) in [5, 5.41) is 5.79. The van der Waals surface area contributed by atoms with Crippen LogP contribution in [0.2, 0.25) is 0 Å². The first-order valence-corrected chi connectivity index (χ1v) is 7.42. The highest BCUT2D eigenvalue weighted by molar-refractivity contribution is 7.09. The molecule has 1 unspecified atom stereocenters. The van der Waals surface area contributed by atoms with E-state index in [0.717, 1.165) is 5.01 Å². The zero-order valence-electron chi connectivity index (χ0n) is 11.7. The standard InChI is InChI=1S/C15H16N4OS/c1-11(15-18-8-9-21-15)10-19-14(20)13-12(4-2-6-16)5-3-7-17-13/h3,5,7-9,11H,6,10,16H2,1H3,(H,19,20). The number of pyridine rings is 1. The van der Waals surface area contributed by atoms with Crippen molar-refractivity contribution in [1.29, 1.82) is 0 Å². The van der Waals surface area contributed by atoms with Gasteiger partial charge in [0.2, 0.25) is 0 Å². The number of hydrogen-bond acceptors (Lipinski definition) is 5. The number of rotatable bonds is 4. The zero-order valence-corrected chi connectivity index (χ0v) is 12.5. The summed E-state index contributed by atoms with van der Waals surface area (Å²) in [6.07, 6.45) is 3.34. The van der Waals surface area contributed by atoms with E-state index >= 15 is 0 Å². The van der Waals surface area contributed by atoms with Crippen molar-refractivity contribution in [2.45, 2.75) is 12.8 Å². The van der Waals surface area contributed by atoms with Crippen LogP contribution >= 0.6 is 11.3 Å². The Morgan fingerprint density at radius 2 is 2.33 bits per heavy atom. The Bertz CT molecular complexity index is 658. The van der Waals surface area contributed by atoms with Crippen molar-refractivity contribution in [3.63, 3.8) is 0 Å². The highest BCUT2D eigenvalue weighted by atomic mass is 32.1. The van der Waals surface area contributed by atoms with Crippen LogP contribution < -0.4 is 11.1 Å². The molecule has 0 aliphatic rings. The van der Waals surface area contributed by atoms with Crippen molar-refractivity contribution < 1.29 is 4.79 Å². The van der Waals surface area contributed by atoms with Gasteiger partial charge >= 0.3 is 0 Å². The van der Waals surface area contributed by atoms with Gasteiger partial charge in [-0.15, -0.1) is 11.3 Å². The molecule has 0 radical (unpaired) electrons. The van der Waals surface area contributed by atoms with Gasteiger partial charge in [-0.25, -0.2) is 9.97 Å². The molecule has 0 fully saturated rings. The molecule has 0 aromatic carbocycles. The summed E-state index contributed by atoms with van der Waals surface area (Å²) in [5.41, 5.74) is 6.26. The van der Waals surface area contributed by atoms with Crippen LogP contribution in [-0.4, -0.2) is 29.0 Å². The molecule has 21 heavy (non-hydrogen) atoms. The summed E-state index contributed by atoms with van der Waals surface area (Å²) in [6, 6.07) is 3.50. The van der Waals surface area contributed by atoms with Crippen LogP contribution in [0.4, 0.5) is 0 Å². The maximum absolute atomic E-state index is 12.2. The molecular weight excluding hydrogens is 284 g/mol. The molecule has 0 saturated carbocycles. The van der Waals surface area contributed by atoms with Crippen molar-refractivity contribution in [3.05, 3.63) is 46.2 Å². The van der Waals surface area contributed by atoms with Gasteiger partial charge in [0.15, 0.2) is 0 Å². The van der Waals surface area contributed by atoms with E-state index in [4.69, 9.17) is 5.73 Å². The Morgan fingerprint density at radius 1 is 1.48 bits per heavy atom. The maximum Gasteiger partial charge on any atom is 0.271 e. The van der Waals surface area contributed by atoms with Gasteiger partial charge in [-0.05, 0) is 12.1 Å². The summed E-state index contributed by atoms with van der Waals surface area (Å²) in [4.78, 5) is 20.6. The van der Waals surface area contributed by atoms with Crippen molar-refractivity contribution in [3.8, 4) is 11.8 Å². The minimum absolute atomic E-state index is 0.163. The molecule has 3 N–H and O–H groups in total. The van der Waals surface area contributed by atoms with Gasteiger partial charge in [0.1, 0.15) is 5.69 Å². The predicted octanol–water partition coefficient (Wildman–Crippen LogP) is 1.38. The summed E-state index contributed by atoms with van der Waals surface area (Å²) >= 11 is 1.58. The Hall–Kier alpha value is -2.23. The second kappa shape index (κ2) is 7.53. The number of amides is 1. The fourth-order valence-corrected chi connectivity index (χ4v) is 2.43. The van der Waals surface area contributed by atoms with Crippen LogP contribution in [0.3, 0.4) is 0 Å². The van der Waals surface area contributed by atoms with E-state index in [0.29, 0.717) is 17.8 Å². The predicted molar refractivity (Wildman–Crippen MR) is 83.0 cm³/mol. The molecule has 1 amide bonds. The smallest absolute Gasteiger partial charge is 0.271 e. The quantitative estimate of drug-likeness (QED) is 0.836. The molecule has 2 aromatic rings. The maximum atomic E-state index is 12.2. The Labute approximate surface area is 127 Å². The van der Waals surface area contributed by atoms with Crippen LogP contribution in [0, 0.1) is 11.8 Å². The molecule has 0 aliphatic carbocycles. The normalized spacial score (nSPS) is 11.3. The largest absolute Gasteiger partial charge is 0.350 e. The Morgan fingerprint density at radius 3 is 3.05 bits per heavy atom. The van der Waals surface area contributed by atoms with E-state index in [1.807, 2.05) is 12.3 Å². The third-order valence-electron chi connectivity index (χ3n) is 2.79. The lowest BCUT2D eigenvalue weighted by molar-refractivity contribution is 0.0946. The molecule has 108 valence electrons. The molecule has 6 heteroatoms. The van der Waals surface area contributed by atoms with Gasteiger partial charge in [-0.3, -0.25) is 4.79 Å². The average Bonchev–Trinajstić information content (AvgIpc) is 3.05. The fraction of sp³-hybridized carbons (Fsp3) is 0.267. The van der Waals surface area contributed by atoms with Crippen LogP contribution in [-0.2, 0) is 0 Å². The van der Waals surface area contributed by atoms with Crippen molar-refractivity contribution in [1.82, 2.24) is 15.3 Å². The first-order valence-electron chi connectivity index (χ1n) is 6.54. The Kier molecular flexibility index (Phi) is 5.43. The van der Waals surface area contributed by atoms with E-state index in [9.17, 15) is 4.79 Å². The summed E-state index contributed by atoms with van der Waals surface area (Å²) in [5.74, 6) is 5.52. The third-order valence-corrected chi connectivity index (χ3v) is 3.80. The molecule has 0 spiro atoms. The topological polar surface area (TPSA) is 80.9 Å². The van der Waals surface area contributed by atoms with E-state index in [1.165, 1.54) is 0 Å².